The molecule has 1 heterocycles. The van der Waals surface area contributed by atoms with Crippen LogP contribution in [0, 0.1) is 0 Å². The average Bonchev–Trinajstić information content (AvgIpc) is 3.14. The van der Waals surface area contributed by atoms with E-state index in [-0.39, 0.29) is 29.5 Å². The lowest BCUT2D eigenvalue weighted by molar-refractivity contribution is -0.137. The fraction of sp³-hybridized carbons (Fsp3) is 0.286. The molecule has 0 aromatic heterocycles. The third kappa shape index (κ3) is 7.21. The molecule has 3 aromatic rings. The maximum Gasteiger partial charge on any atom is 0.416 e. The zero-order valence-electron chi connectivity index (χ0n) is 21.2. The summed E-state index contributed by atoms with van der Waals surface area (Å²) in [6.07, 6.45) is -2.65. The molecule has 3 aromatic carbocycles. The molecule has 1 fully saturated rings. The molecule has 0 unspecified atom stereocenters. The number of hydrogen-bond acceptors (Lipinski definition) is 4. The van der Waals surface area contributed by atoms with Gasteiger partial charge in [0.1, 0.15) is 6.04 Å². The Morgan fingerprint density at radius 3 is 2.20 bits per heavy atom. The van der Waals surface area contributed by atoms with Gasteiger partial charge < -0.3 is 10.6 Å². The van der Waals surface area contributed by atoms with Crippen LogP contribution in [0.5, 0.6) is 0 Å². The van der Waals surface area contributed by atoms with E-state index in [9.17, 15) is 31.2 Å². The molecule has 0 aliphatic carbocycles. The van der Waals surface area contributed by atoms with Crippen molar-refractivity contribution in [2.24, 2.45) is 0 Å². The first kappa shape index (κ1) is 29.6. The summed E-state index contributed by atoms with van der Waals surface area (Å²) in [4.78, 5) is 25.5. The third-order valence-corrected chi connectivity index (χ3v) is 8.68. The summed E-state index contributed by atoms with van der Waals surface area (Å²) < 4.78 is 66.7. The zero-order valence-corrected chi connectivity index (χ0v) is 22.8. The van der Waals surface area contributed by atoms with Gasteiger partial charge in [0.25, 0.3) is 5.91 Å². The second-order valence-electron chi connectivity index (χ2n) is 9.38. The minimum Gasteiger partial charge on any atom is -0.355 e. The lowest BCUT2D eigenvalue weighted by Crippen LogP contribution is -2.48. The predicted octanol–water partition coefficient (Wildman–Crippen LogP) is 5.15. The number of benzene rings is 3. The van der Waals surface area contributed by atoms with E-state index in [0.29, 0.717) is 35.5 Å². The number of rotatable bonds is 8. The summed E-state index contributed by atoms with van der Waals surface area (Å²) in [5, 5.41) is 5.82. The quantitative estimate of drug-likeness (QED) is 0.378. The average molecular weight is 594 g/mol. The van der Waals surface area contributed by atoms with Gasteiger partial charge in [-0.2, -0.15) is 17.5 Å². The van der Waals surface area contributed by atoms with Crippen molar-refractivity contribution in [3.05, 3.63) is 100 Å². The molecule has 0 radical (unpaired) electrons. The Kier molecular flexibility index (Phi) is 9.17. The van der Waals surface area contributed by atoms with E-state index in [1.165, 1.54) is 52.8 Å². The highest BCUT2D eigenvalue weighted by molar-refractivity contribution is 7.89. The molecule has 1 aliphatic heterocycles. The Hall–Kier alpha value is -3.41. The van der Waals surface area contributed by atoms with Gasteiger partial charge in [-0.3, -0.25) is 9.59 Å². The summed E-state index contributed by atoms with van der Waals surface area (Å²) in [6.45, 7) is 0.402. The molecule has 4 rings (SSSR count). The van der Waals surface area contributed by atoms with Gasteiger partial charge in [-0.25, -0.2) is 8.42 Å². The Labute approximate surface area is 235 Å². The Morgan fingerprint density at radius 1 is 0.950 bits per heavy atom. The monoisotopic (exact) mass is 593 g/mol. The maximum absolute atomic E-state index is 13.7. The molecule has 1 saturated heterocycles. The van der Waals surface area contributed by atoms with Crippen molar-refractivity contribution in [3.63, 3.8) is 0 Å². The van der Waals surface area contributed by atoms with Crippen molar-refractivity contribution < 1.29 is 31.2 Å². The fourth-order valence-electron chi connectivity index (χ4n) is 4.34. The number of nitrogens with one attached hydrogen (secondary N) is 2. The zero-order chi connectivity index (χ0) is 28.9. The van der Waals surface area contributed by atoms with E-state index in [1.807, 2.05) is 0 Å². The fourth-order valence-corrected chi connectivity index (χ4v) is 6.07. The first-order chi connectivity index (χ1) is 18.9. The standard InChI is InChI=1S/C28H27ClF3N3O4S/c29-23-12-14-24(15-13-23)40(38,39)35(25-3-1-2-16-33-27(25)37)18-20-4-8-21(9-5-20)26(36)34-17-19-6-10-22(11-7-19)28(30,31)32/h4-15,25H,1-3,16-18H2,(H,33,37)(H,34,36)/t25-/m1/s1. The van der Waals surface area contributed by atoms with Gasteiger partial charge in [-0.15, -0.1) is 0 Å². The molecule has 0 spiro atoms. The first-order valence-corrected chi connectivity index (χ1v) is 14.4. The van der Waals surface area contributed by atoms with Crippen LogP contribution in [0.2, 0.25) is 5.02 Å². The molecular formula is C28H27ClF3N3O4S. The summed E-state index contributed by atoms with van der Waals surface area (Å²) in [6, 6.07) is 15.6. The number of alkyl halides is 3. The maximum atomic E-state index is 13.7. The van der Waals surface area contributed by atoms with Crippen molar-refractivity contribution in [2.75, 3.05) is 6.54 Å². The van der Waals surface area contributed by atoms with Crippen molar-refractivity contribution in [3.8, 4) is 0 Å². The molecule has 7 nitrogen and oxygen atoms in total. The second kappa shape index (κ2) is 12.4. The number of amides is 2. The van der Waals surface area contributed by atoms with Gasteiger partial charge >= 0.3 is 6.18 Å². The van der Waals surface area contributed by atoms with Crippen molar-refractivity contribution in [2.45, 2.75) is 49.5 Å². The predicted molar refractivity (Wildman–Crippen MR) is 144 cm³/mol. The van der Waals surface area contributed by atoms with Crippen LogP contribution < -0.4 is 10.6 Å². The van der Waals surface area contributed by atoms with Crippen molar-refractivity contribution in [1.29, 1.82) is 0 Å². The number of halogens is 4. The Morgan fingerprint density at radius 2 is 1.57 bits per heavy atom. The lowest BCUT2D eigenvalue weighted by Gasteiger charge is -2.29. The highest BCUT2D eigenvalue weighted by atomic mass is 35.5. The minimum absolute atomic E-state index is 0.00760. The van der Waals surface area contributed by atoms with Crippen LogP contribution in [0.1, 0.15) is 46.3 Å². The number of carbonyl (C=O) groups is 2. The van der Waals surface area contributed by atoms with Gasteiger partial charge in [0, 0.05) is 30.2 Å². The number of hydrogen-bond donors (Lipinski definition) is 2. The lowest BCUT2D eigenvalue weighted by atomic mass is 10.1. The largest absolute Gasteiger partial charge is 0.416 e. The molecule has 2 N–H and O–H groups in total. The summed E-state index contributed by atoms with van der Waals surface area (Å²) >= 11 is 5.94. The molecule has 1 atom stereocenters. The van der Waals surface area contributed by atoms with Crippen molar-refractivity contribution >= 4 is 33.4 Å². The van der Waals surface area contributed by atoms with Crippen LogP contribution in [-0.4, -0.2) is 37.1 Å². The molecule has 0 bridgehead atoms. The normalized spacial score (nSPS) is 16.3. The molecule has 0 saturated carbocycles. The molecule has 1 aliphatic rings. The van der Waals surface area contributed by atoms with E-state index in [0.717, 1.165) is 18.6 Å². The van der Waals surface area contributed by atoms with E-state index in [4.69, 9.17) is 11.6 Å². The molecule has 40 heavy (non-hydrogen) atoms. The van der Waals surface area contributed by atoms with Crippen LogP contribution in [-0.2, 0) is 34.1 Å². The second-order valence-corrected chi connectivity index (χ2v) is 11.7. The van der Waals surface area contributed by atoms with Gasteiger partial charge in [0.15, 0.2) is 0 Å². The van der Waals surface area contributed by atoms with E-state index in [1.54, 1.807) is 12.1 Å². The SMILES string of the molecule is O=C(NCc1ccc(C(F)(F)F)cc1)c1ccc(CN([C@@H]2CCCCNC2=O)S(=O)(=O)c2ccc(Cl)cc2)cc1. The van der Waals surface area contributed by atoms with E-state index < -0.39 is 33.7 Å². The number of carbonyl (C=O) groups excluding carboxylic acids is 2. The van der Waals surface area contributed by atoms with Crippen LogP contribution in [0.15, 0.2) is 77.7 Å². The topological polar surface area (TPSA) is 95.6 Å². The number of sulfonamides is 1. The smallest absolute Gasteiger partial charge is 0.355 e. The highest BCUT2D eigenvalue weighted by Crippen LogP contribution is 2.29. The molecular weight excluding hydrogens is 567 g/mol. The molecule has 2 amide bonds. The third-order valence-electron chi connectivity index (χ3n) is 6.56. The number of nitrogens with zero attached hydrogens (tertiary/aromatic N) is 1. The van der Waals surface area contributed by atoms with E-state index >= 15 is 0 Å². The highest BCUT2D eigenvalue weighted by Gasteiger charge is 2.36. The summed E-state index contributed by atoms with van der Waals surface area (Å²) in [7, 11) is -4.08. The van der Waals surface area contributed by atoms with Gasteiger partial charge in [0.2, 0.25) is 15.9 Å². The summed E-state index contributed by atoms with van der Waals surface area (Å²) in [5.74, 6) is -0.811. The minimum atomic E-state index is -4.44. The first-order valence-electron chi connectivity index (χ1n) is 12.5. The van der Waals surface area contributed by atoms with Crippen LogP contribution in [0.3, 0.4) is 0 Å². The van der Waals surface area contributed by atoms with Crippen LogP contribution >= 0.6 is 11.6 Å². The van der Waals surface area contributed by atoms with Gasteiger partial charge in [-0.1, -0.05) is 35.9 Å². The summed E-state index contributed by atoms with van der Waals surface area (Å²) in [5.41, 5.74) is 0.582. The molecule has 12 heteroatoms. The van der Waals surface area contributed by atoms with Crippen LogP contribution in [0.25, 0.3) is 0 Å². The Bertz CT molecular complexity index is 1450. The van der Waals surface area contributed by atoms with Crippen molar-refractivity contribution in [1.82, 2.24) is 14.9 Å². The van der Waals surface area contributed by atoms with E-state index in [2.05, 4.69) is 10.6 Å². The van der Waals surface area contributed by atoms with Gasteiger partial charge in [0.05, 0.1) is 10.5 Å². The Balaban J connectivity index is 1.49. The molecule has 212 valence electrons. The van der Waals surface area contributed by atoms with Gasteiger partial charge in [-0.05, 0) is 78.9 Å². The van der Waals surface area contributed by atoms with Crippen LogP contribution in [0.4, 0.5) is 13.2 Å².